The van der Waals surface area contributed by atoms with E-state index in [2.05, 4.69) is 45.8 Å². The average Bonchev–Trinajstić information content (AvgIpc) is 1.35. The summed E-state index contributed by atoms with van der Waals surface area (Å²) in [6, 6.07) is 13.8. The van der Waals surface area contributed by atoms with Gasteiger partial charge in [-0.2, -0.15) is 36.2 Å². The lowest BCUT2D eigenvalue weighted by atomic mass is 10.1. The van der Waals surface area contributed by atoms with Gasteiger partial charge < -0.3 is 66.0 Å². The number of carbonyl (C=O) groups is 10. The fraction of sp³-hybridized carbons (Fsp3) is 0.515. The van der Waals surface area contributed by atoms with Gasteiger partial charge in [0.15, 0.2) is 5.95 Å². The lowest BCUT2D eigenvalue weighted by Gasteiger charge is -2.33. The van der Waals surface area contributed by atoms with E-state index in [-0.39, 0.29) is 119 Å². The molecule has 2 aromatic heterocycles. The molecule has 110 heavy (non-hydrogen) atoms. The second-order valence-electron chi connectivity index (χ2n) is 24.0. The Morgan fingerprint density at radius 2 is 1.05 bits per heavy atom. The van der Waals surface area contributed by atoms with Gasteiger partial charge in [-0.05, 0) is 93.1 Å². The van der Waals surface area contributed by atoms with E-state index in [0.29, 0.717) is 94.6 Å². The summed E-state index contributed by atoms with van der Waals surface area (Å²) in [4.78, 5) is 129. The van der Waals surface area contributed by atoms with Crippen LogP contribution in [0.25, 0.3) is 22.0 Å². The number of aryl methyl sites for hydroxylation is 1. The number of imidazole rings is 1. The minimum Gasteiger partial charge on any atom is -0.480 e. The van der Waals surface area contributed by atoms with Crippen molar-refractivity contribution in [2.24, 2.45) is 0 Å². The normalized spacial score (nSPS) is 14.4. The maximum atomic E-state index is 13.2. The molecule has 0 saturated carbocycles. The number of aromatic nitrogens is 4. The summed E-state index contributed by atoms with van der Waals surface area (Å²) in [5.41, 5.74) is 2.31. The van der Waals surface area contributed by atoms with Crippen molar-refractivity contribution in [1.82, 2.24) is 64.7 Å². The number of ketones is 2. The molecular weight excluding hydrogens is 1520 g/mol. The first-order valence-electron chi connectivity index (χ1n) is 34.1. The Morgan fingerprint density at radius 3 is 1.53 bits per heavy atom. The molecule has 0 spiro atoms. The van der Waals surface area contributed by atoms with Crippen LogP contribution in [0, 0.1) is 0 Å². The fourth-order valence-corrected chi connectivity index (χ4v) is 12.3. The monoisotopic (exact) mass is 1610 g/mol. The number of amides is 3. The second kappa shape index (κ2) is 46.8. The van der Waals surface area contributed by atoms with Gasteiger partial charge in [0.05, 0.1) is 60.9 Å². The number of aromatic amines is 1. The molecule has 1 fully saturated rings. The number of carbonyl (C=O) groups excluding carboxylic acids is 5. The van der Waals surface area contributed by atoms with Crippen LogP contribution >= 0.6 is 0 Å². The first-order valence-corrected chi connectivity index (χ1v) is 37.1. The summed E-state index contributed by atoms with van der Waals surface area (Å²) in [5, 5.41) is 63.2. The molecular formula is C66H90F6N14O22S2. The number of hydrogen-bond donors (Lipinski definition) is 12. The smallest absolute Gasteiger partial charge is 0.458 e. The number of nitrogens with one attached hydrogen (secondary N) is 7. The molecule has 44 heteroatoms. The third-order valence-corrected chi connectivity index (χ3v) is 18.6. The quantitative estimate of drug-likeness (QED) is 0.0149. The topological polar surface area (TPSA) is 499 Å². The molecule has 5 aromatic rings. The number of carboxylic acid groups (broad SMARTS) is 5. The van der Waals surface area contributed by atoms with Crippen molar-refractivity contribution in [3.8, 4) is 11.1 Å². The van der Waals surface area contributed by atoms with Crippen molar-refractivity contribution in [1.29, 1.82) is 0 Å². The van der Waals surface area contributed by atoms with Crippen LogP contribution in [0.4, 0.5) is 32.3 Å². The summed E-state index contributed by atoms with van der Waals surface area (Å²) < 4.78 is 141. The summed E-state index contributed by atoms with van der Waals surface area (Å²) in [6.45, 7) is 8.76. The molecule has 3 amide bonds. The molecule has 0 bridgehead atoms. The first-order chi connectivity index (χ1) is 51.9. The highest BCUT2D eigenvalue weighted by Gasteiger charge is 2.54. The molecule has 36 nitrogen and oxygen atoms in total. The number of H-pyrrole nitrogens is 1. The number of nitrogens with zero attached hydrogens (tertiary/aromatic N) is 7. The van der Waals surface area contributed by atoms with Crippen molar-refractivity contribution in [2.45, 2.75) is 86.7 Å². The highest BCUT2D eigenvalue weighted by atomic mass is 32.2. The highest BCUT2D eigenvalue weighted by Crippen LogP contribution is 2.26. The third-order valence-electron chi connectivity index (χ3n) is 15.7. The van der Waals surface area contributed by atoms with Gasteiger partial charge in [0.2, 0.25) is 31.9 Å². The number of carboxylic acids is 5. The van der Waals surface area contributed by atoms with Crippen LogP contribution < -0.4 is 30.7 Å². The Balaban J connectivity index is 0.000000413. The number of alkyl halides is 6. The molecule has 1 aliphatic heterocycles. The van der Waals surface area contributed by atoms with E-state index in [0.717, 1.165) is 11.9 Å². The van der Waals surface area contributed by atoms with Crippen LogP contribution in [0.2, 0.25) is 0 Å². The molecule has 1 aliphatic rings. The standard InChI is InChI=1S/C36H44N8O9S2.C26H46N6O11.C4F6O2/c1-2-52-21-22-53-20-4-16-42-54(48,49)30-10-5-26(6-11-30)27-7-12-31(13-8-27)55(50,51)43-32(35(46)47)25-40-34(45)28-9-14-33-29(23-28)24-41-44(33)19-3-15-37-36-38-17-18-39-36;1-2-43-15-3-6-27-21(33)5-4-20(26(41)42)28-22(34)16-29-7-9-30(17-23(35)36)11-13-32(19-25(39)40)14-12-31(10-8-29)18-24(37)38;5-3(6,7)1(11)2(12)4(8,9)10/h5-14,17-18,23-24,32,42-43H,2-4,15-16,19-22,25H2,1H3,(H,40,45)(H,46,47)(H2,37,38,39);20H,2-19H2,1H3,(H,27,33)(H,28,34)(H,35,36)(H,37,38)(H,39,40)(H,41,42);/t32-;20-;/m00./s1. The van der Waals surface area contributed by atoms with E-state index >= 15 is 0 Å². The van der Waals surface area contributed by atoms with Crippen LogP contribution in [0.3, 0.4) is 0 Å². The summed E-state index contributed by atoms with van der Waals surface area (Å²) in [7, 11) is -8.06. The predicted molar refractivity (Wildman–Crippen MR) is 378 cm³/mol. The molecule has 610 valence electrons. The summed E-state index contributed by atoms with van der Waals surface area (Å²) >= 11 is 0. The molecule has 0 unspecified atom stereocenters. The number of hydrogen-bond acceptors (Lipinski definition) is 24. The van der Waals surface area contributed by atoms with Gasteiger partial charge >= 0.3 is 53.8 Å². The van der Waals surface area contributed by atoms with E-state index in [9.17, 15) is 117 Å². The number of anilines is 1. The minimum absolute atomic E-state index is 0.0713. The summed E-state index contributed by atoms with van der Waals surface area (Å²) in [5.74, 6) is -13.7. The fourth-order valence-electron chi connectivity index (χ4n) is 10.1. The van der Waals surface area contributed by atoms with Gasteiger partial charge in [0.1, 0.15) is 12.1 Å². The van der Waals surface area contributed by atoms with Crippen molar-refractivity contribution < 1.29 is 131 Å². The van der Waals surface area contributed by atoms with E-state index in [4.69, 9.17) is 14.2 Å². The van der Waals surface area contributed by atoms with Crippen LogP contribution in [-0.4, -0.2) is 310 Å². The van der Waals surface area contributed by atoms with Crippen molar-refractivity contribution >= 4 is 96.0 Å². The number of sulfonamides is 2. The van der Waals surface area contributed by atoms with Crippen LogP contribution in [0.5, 0.6) is 0 Å². The molecule has 0 aliphatic carbocycles. The number of aliphatic carboxylic acids is 5. The molecule has 12 N–H and O–H groups in total. The van der Waals surface area contributed by atoms with E-state index < -0.39 is 104 Å². The molecule has 3 heterocycles. The lowest BCUT2D eigenvalue weighted by Crippen LogP contribution is -2.51. The molecule has 3 aromatic carbocycles. The zero-order valence-corrected chi connectivity index (χ0v) is 61.6. The van der Waals surface area contributed by atoms with Crippen molar-refractivity contribution in [2.75, 3.05) is 150 Å². The SMILES string of the molecule is CCOCCCNC(=O)CC[C@H](NC(=O)CN1CCN(CC(=O)O)CCN(CC(=O)O)CCN(CC(=O)O)CC1)C(=O)O.CCOCCOCCCNS(=O)(=O)c1ccc(-c2ccc(S(=O)(=O)N[C@@H](CNC(=O)c3ccc4c(cnn4CCCNc4ncc[nH]4)c3)C(=O)O)cc2)cc1.O=C(C(=O)C(F)(F)F)C(F)(F)F. The summed E-state index contributed by atoms with van der Waals surface area (Å²) in [6.07, 6.45) is -4.87. The number of benzene rings is 3. The Labute approximate surface area is 627 Å². The van der Waals surface area contributed by atoms with Crippen LogP contribution in [0.1, 0.15) is 56.3 Å². The maximum absolute atomic E-state index is 13.2. The zero-order valence-electron chi connectivity index (χ0n) is 59.9. The zero-order chi connectivity index (χ0) is 81.6. The van der Waals surface area contributed by atoms with Gasteiger partial charge in [-0.1, -0.05) is 24.3 Å². The number of ether oxygens (including phenoxy) is 3. The Kier molecular flexibility index (Phi) is 39.4. The van der Waals surface area contributed by atoms with Gasteiger partial charge in [-0.3, -0.25) is 67.4 Å². The highest BCUT2D eigenvalue weighted by molar-refractivity contribution is 7.89. The Hall–Kier alpha value is -9.64. The number of Topliss-reactive ketones (excluding diaryl/α,β-unsaturated/α-hetero) is 2. The van der Waals surface area contributed by atoms with Gasteiger partial charge in [0, 0.05) is 141 Å². The van der Waals surface area contributed by atoms with Crippen molar-refractivity contribution in [3.63, 3.8) is 0 Å². The van der Waals surface area contributed by atoms with Crippen LogP contribution in [0.15, 0.2) is 95.1 Å². The van der Waals surface area contributed by atoms with E-state index in [1.807, 2.05) is 18.5 Å². The van der Waals surface area contributed by atoms with Crippen LogP contribution in [-0.2, 0) is 84.0 Å². The molecule has 2 atom stereocenters. The lowest BCUT2D eigenvalue weighted by molar-refractivity contribution is -0.193. The first kappa shape index (κ1) is 92.7. The second-order valence-corrected chi connectivity index (χ2v) is 27.5. The number of rotatable bonds is 42. The number of fused-ring (bicyclic) bond motifs is 1. The van der Waals surface area contributed by atoms with Gasteiger partial charge in [-0.15, -0.1) is 0 Å². The third kappa shape index (κ3) is 34.9. The van der Waals surface area contributed by atoms with Gasteiger partial charge in [-0.25, -0.2) is 31.3 Å². The largest absolute Gasteiger partial charge is 0.480 e. The maximum Gasteiger partial charge on any atom is 0.458 e. The average molecular weight is 1610 g/mol. The Morgan fingerprint density at radius 1 is 0.564 bits per heavy atom. The molecule has 6 rings (SSSR count). The van der Waals surface area contributed by atoms with Gasteiger partial charge in [0.25, 0.3) is 5.91 Å². The Bertz CT molecular complexity index is 3980. The predicted octanol–water partition coefficient (Wildman–Crippen LogP) is 1.41. The van der Waals surface area contributed by atoms with E-state index in [1.54, 1.807) is 68.5 Å². The molecule has 1 saturated heterocycles. The minimum atomic E-state index is -5.77. The number of halogens is 6. The van der Waals surface area contributed by atoms with Crippen molar-refractivity contribution in [3.05, 3.63) is 90.9 Å². The van der Waals surface area contributed by atoms with E-state index in [1.165, 1.54) is 36.4 Å². The molecule has 0 radical (unpaired) electrons.